The zero-order valence-electron chi connectivity index (χ0n) is 17.9. The number of aliphatic hydroxyl groups is 2. The molecule has 29 heavy (non-hydrogen) atoms. The molecule has 0 aromatic heterocycles. The van der Waals surface area contributed by atoms with Crippen molar-refractivity contribution in [3.8, 4) is 5.75 Å². The number of methoxy groups -OCH3 is 1. The maximum absolute atomic E-state index is 10.4. The average Bonchev–Trinajstić information content (AvgIpc) is 3.30. The Balaban J connectivity index is 2.04. The van der Waals surface area contributed by atoms with Crippen LogP contribution in [0.25, 0.3) is 5.70 Å². The van der Waals surface area contributed by atoms with E-state index in [2.05, 4.69) is 19.9 Å². The first-order valence-electron chi connectivity index (χ1n) is 9.75. The first-order valence-corrected chi connectivity index (χ1v) is 11.4. The Morgan fingerprint density at radius 3 is 2.55 bits per heavy atom. The largest absolute Gasteiger partial charge is 0.496 e. The van der Waals surface area contributed by atoms with E-state index in [0.29, 0.717) is 5.04 Å². The molecule has 2 aliphatic rings. The van der Waals surface area contributed by atoms with Crippen LogP contribution in [0.4, 0.5) is 0 Å². The van der Waals surface area contributed by atoms with Gasteiger partial charge in [0, 0.05) is 10.3 Å². The van der Waals surface area contributed by atoms with Gasteiger partial charge < -0.3 is 14.9 Å². The minimum atomic E-state index is -0.999. The van der Waals surface area contributed by atoms with Crippen molar-refractivity contribution in [2.75, 3.05) is 13.7 Å². The van der Waals surface area contributed by atoms with Crippen molar-refractivity contribution in [2.24, 2.45) is 5.10 Å². The van der Waals surface area contributed by atoms with Gasteiger partial charge in [-0.2, -0.15) is 5.10 Å². The Morgan fingerprint density at radius 2 is 2.07 bits per heavy atom. The average molecular weight is 435 g/mol. The molecule has 0 unspecified atom stereocenters. The van der Waals surface area contributed by atoms with E-state index in [1.54, 1.807) is 32.7 Å². The van der Waals surface area contributed by atoms with Crippen LogP contribution in [0.15, 0.2) is 44.9 Å². The van der Waals surface area contributed by atoms with Crippen LogP contribution in [0, 0.1) is 0 Å². The zero-order valence-corrected chi connectivity index (χ0v) is 19.6. The molecule has 0 atom stereocenters. The van der Waals surface area contributed by atoms with Crippen molar-refractivity contribution in [2.45, 2.75) is 62.7 Å². The molecule has 0 spiro atoms. The molecule has 2 N–H and O–H groups in total. The molecule has 5 nitrogen and oxygen atoms in total. The van der Waals surface area contributed by atoms with Crippen LogP contribution in [-0.2, 0) is 0 Å². The number of nitrogens with zero attached hydrogens (tertiary/aromatic N) is 2. The van der Waals surface area contributed by atoms with Crippen LogP contribution in [0.3, 0.4) is 0 Å². The molecule has 1 aromatic rings. The van der Waals surface area contributed by atoms with Crippen LogP contribution in [0.5, 0.6) is 5.75 Å². The lowest BCUT2D eigenvalue weighted by Crippen LogP contribution is -2.27. The molecule has 0 bridgehead atoms. The van der Waals surface area contributed by atoms with E-state index in [0.717, 1.165) is 45.3 Å². The molecule has 1 aliphatic carbocycles. The molecule has 158 valence electrons. The molecular formula is C22H30N2O3S2. The highest BCUT2D eigenvalue weighted by Crippen LogP contribution is 2.53. The maximum atomic E-state index is 10.4. The van der Waals surface area contributed by atoms with E-state index in [9.17, 15) is 10.2 Å². The van der Waals surface area contributed by atoms with Gasteiger partial charge in [0.2, 0.25) is 0 Å². The number of benzene rings is 1. The molecular weight excluding hydrogens is 404 g/mol. The van der Waals surface area contributed by atoms with Crippen LogP contribution < -0.4 is 4.74 Å². The topological polar surface area (TPSA) is 65.3 Å². The highest BCUT2D eigenvalue weighted by molar-refractivity contribution is 8.17. The monoisotopic (exact) mass is 434 g/mol. The summed E-state index contributed by atoms with van der Waals surface area (Å²) in [6.45, 7) is 9.79. The highest BCUT2D eigenvalue weighted by Gasteiger charge is 2.44. The first kappa shape index (κ1) is 22.3. The normalized spacial score (nSPS) is 19.4. The second kappa shape index (κ2) is 8.38. The van der Waals surface area contributed by atoms with Gasteiger partial charge in [0.1, 0.15) is 21.4 Å². The maximum Gasteiger partial charge on any atom is 0.132 e. The van der Waals surface area contributed by atoms with Gasteiger partial charge in [0.25, 0.3) is 0 Å². The molecule has 7 heteroatoms. The lowest BCUT2D eigenvalue weighted by Gasteiger charge is -2.23. The summed E-state index contributed by atoms with van der Waals surface area (Å²) in [5.41, 5.74) is 2.14. The summed E-state index contributed by atoms with van der Waals surface area (Å²) < 4.78 is 5.50. The Kier molecular flexibility index (Phi) is 6.44. The van der Waals surface area contributed by atoms with Gasteiger partial charge in [0.05, 0.1) is 24.3 Å². The number of hydrazone groups is 1. The van der Waals surface area contributed by atoms with E-state index in [-0.39, 0.29) is 11.4 Å². The van der Waals surface area contributed by atoms with Gasteiger partial charge in [-0.25, -0.2) is 5.01 Å². The zero-order chi connectivity index (χ0) is 21.4. The third kappa shape index (κ3) is 4.68. The van der Waals surface area contributed by atoms with Gasteiger partial charge in [-0.15, -0.1) is 11.8 Å². The quantitative estimate of drug-likeness (QED) is 0.625. The van der Waals surface area contributed by atoms with Crippen LogP contribution in [0.2, 0.25) is 0 Å². The lowest BCUT2D eigenvalue weighted by atomic mass is 10.1. The second-order valence-electron chi connectivity index (χ2n) is 8.16. The Bertz CT molecular complexity index is 877. The third-order valence-corrected chi connectivity index (χ3v) is 7.82. The van der Waals surface area contributed by atoms with E-state index < -0.39 is 5.60 Å². The van der Waals surface area contributed by atoms with Gasteiger partial charge >= 0.3 is 0 Å². The molecule has 3 rings (SSSR count). The lowest BCUT2D eigenvalue weighted by molar-refractivity contribution is 0.156. The van der Waals surface area contributed by atoms with Gasteiger partial charge in [-0.1, -0.05) is 6.08 Å². The van der Waals surface area contributed by atoms with Crippen LogP contribution >= 0.6 is 23.5 Å². The van der Waals surface area contributed by atoms with Crippen molar-refractivity contribution in [1.29, 1.82) is 0 Å². The van der Waals surface area contributed by atoms with Crippen LogP contribution in [0.1, 0.15) is 53.0 Å². The smallest absolute Gasteiger partial charge is 0.132 e. The molecule has 1 heterocycles. The van der Waals surface area contributed by atoms with E-state index in [1.165, 1.54) is 11.8 Å². The SMILES string of the molecule is C/C=C1\SC(C(C)(C)O)=NN1C(=C(C)C)c1ccc(OC)c(SC2(CO)CC2)c1. The summed E-state index contributed by atoms with van der Waals surface area (Å²) in [7, 11) is 1.67. The van der Waals surface area contributed by atoms with Crippen molar-refractivity contribution in [3.05, 3.63) is 40.4 Å². The summed E-state index contributed by atoms with van der Waals surface area (Å²) in [5, 5.41) is 28.5. The molecule has 0 amide bonds. The summed E-state index contributed by atoms with van der Waals surface area (Å²) in [4.78, 5) is 1.02. The standard InChI is InChI=1S/C22H30N2O3S2/c1-7-18-24(23-20(28-18)21(4,5)26)19(14(2)3)15-8-9-16(27-6)17(12-15)29-22(13-25)10-11-22/h7-9,12,25-26H,10-11,13H2,1-6H3/b18-7-. The van der Waals surface area contributed by atoms with Crippen molar-refractivity contribution >= 4 is 34.3 Å². The molecule has 0 saturated heterocycles. The minimum Gasteiger partial charge on any atom is -0.496 e. The van der Waals surface area contributed by atoms with Crippen molar-refractivity contribution in [1.82, 2.24) is 5.01 Å². The molecule has 1 fully saturated rings. The Hall–Kier alpha value is -1.41. The predicted molar refractivity (Wildman–Crippen MR) is 123 cm³/mol. The van der Waals surface area contributed by atoms with Crippen LogP contribution in [-0.4, -0.2) is 44.3 Å². The predicted octanol–water partition coefficient (Wildman–Crippen LogP) is 5.06. The number of thioether (sulfide) groups is 2. The van der Waals surface area contributed by atoms with Gasteiger partial charge in [0.15, 0.2) is 0 Å². The third-order valence-electron chi connectivity index (χ3n) is 4.92. The van der Waals surface area contributed by atoms with Crippen molar-refractivity contribution in [3.63, 3.8) is 0 Å². The summed E-state index contributed by atoms with van der Waals surface area (Å²) in [5.74, 6) is 0.814. The Labute approximate surface area is 181 Å². The molecule has 1 aromatic carbocycles. The fourth-order valence-corrected chi connectivity index (χ4v) is 5.26. The van der Waals surface area contributed by atoms with E-state index in [1.807, 2.05) is 30.1 Å². The van der Waals surface area contributed by atoms with Gasteiger partial charge in [-0.05, 0) is 83.0 Å². The summed E-state index contributed by atoms with van der Waals surface area (Å²) in [6, 6.07) is 6.14. The molecule has 0 radical (unpaired) electrons. The van der Waals surface area contributed by atoms with E-state index in [4.69, 9.17) is 9.84 Å². The van der Waals surface area contributed by atoms with E-state index >= 15 is 0 Å². The number of hydrogen-bond donors (Lipinski definition) is 2. The Morgan fingerprint density at radius 1 is 1.38 bits per heavy atom. The number of aliphatic hydroxyl groups excluding tert-OH is 1. The first-order chi connectivity index (χ1) is 13.6. The summed E-state index contributed by atoms with van der Waals surface area (Å²) >= 11 is 3.19. The fraction of sp³-hybridized carbons (Fsp3) is 0.500. The second-order valence-corrected chi connectivity index (χ2v) is 10.7. The highest BCUT2D eigenvalue weighted by atomic mass is 32.2. The molecule has 1 aliphatic heterocycles. The number of hydrogen-bond acceptors (Lipinski definition) is 7. The van der Waals surface area contributed by atoms with Crippen molar-refractivity contribution < 1.29 is 14.9 Å². The minimum absolute atomic E-state index is 0.0821. The fourth-order valence-electron chi connectivity index (χ4n) is 3.08. The van der Waals surface area contributed by atoms with Gasteiger partial charge in [-0.3, -0.25) is 0 Å². The number of ether oxygens (including phenoxy) is 1. The summed E-state index contributed by atoms with van der Waals surface area (Å²) in [6.07, 6.45) is 4.05. The number of allylic oxidation sites excluding steroid dienone is 2. The number of rotatable bonds is 7. The molecule has 1 saturated carbocycles.